The molecule has 1 rings (SSSR count). The van der Waals surface area contributed by atoms with Crippen LogP contribution in [-0.2, 0) is 4.79 Å². The van der Waals surface area contributed by atoms with Gasteiger partial charge in [-0.1, -0.05) is 34.6 Å². The highest BCUT2D eigenvalue weighted by Gasteiger charge is 2.45. The maximum absolute atomic E-state index is 12.4. The Kier molecular flexibility index (Phi) is 4.27. The summed E-state index contributed by atoms with van der Waals surface area (Å²) in [7, 11) is 3.75. The van der Waals surface area contributed by atoms with Crippen molar-refractivity contribution in [3.63, 3.8) is 0 Å². The van der Waals surface area contributed by atoms with Gasteiger partial charge in [0.1, 0.15) is 0 Å². The van der Waals surface area contributed by atoms with Crippen molar-refractivity contribution in [1.82, 2.24) is 4.90 Å². The second kappa shape index (κ2) is 4.99. The zero-order valence-corrected chi connectivity index (χ0v) is 12.6. The van der Waals surface area contributed by atoms with Gasteiger partial charge in [-0.05, 0) is 36.0 Å². The molecule has 1 fully saturated rings. The molecule has 0 spiro atoms. The second-order valence-electron chi connectivity index (χ2n) is 6.98. The van der Waals surface area contributed by atoms with Crippen LogP contribution in [0.1, 0.15) is 47.5 Å². The quantitative estimate of drug-likeness (QED) is 0.723. The van der Waals surface area contributed by atoms with Crippen molar-refractivity contribution < 1.29 is 4.79 Å². The lowest BCUT2D eigenvalue weighted by Crippen LogP contribution is -2.47. The van der Waals surface area contributed by atoms with Gasteiger partial charge in [-0.25, -0.2) is 0 Å². The minimum Gasteiger partial charge on any atom is -0.349 e. The normalized spacial score (nSPS) is 32.6. The summed E-state index contributed by atoms with van der Waals surface area (Å²) in [4.78, 5) is 14.1. The smallest absolute Gasteiger partial charge is 0.225 e. The number of hydrogen-bond donors (Lipinski definition) is 0. The molecule has 0 heterocycles. The van der Waals surface area contributed by atoms with Crippen LogP contribution in [0.5, 0.6) is 0 Å². The van der Waals surface area contributed by atoms with Crippen molar-refractivity contribution in [3.05, 3.63) is 0 Å². The predicted molar refractivity (Wildman–Crippen MR) is 72.7 cm³/mol. The molecule has 1 aliphatic carbocycles. The van der Waals surface area contributed by atoms with E-state index in [2.05, 4.69) is 34.6 Å². The zero-order chi connectivity index (χ0) is 13.4. The van der Waals surface area contributed by atoms with Gasteiger partial charge in [0.15, 0.2) is 0 Å². The molecule has 0 aromatic carbocycles. The third-order valence-corrected chi connectivity index (χ3v) is 5.04. The summed E-state index contributed by atoms with van der Waals surface area (Å²) in [6.07, 6.45) is 2.33. The molecule has 0 aliphatic heterocycles. The molecule has 1 unspecified atom stereocenters. The van der Waals surface area contributed by atoms with E-state index in [1.807, 2.05) is 14.1 Å². The standard InChI is InChI=1S/C15H29NO/c1-10(2)12-8-11(3)15(4,5)13(9-12)14(17)16(6)7/h10-13H,8-9H2,1-7H3/t11-,12?,13+/m1/s1. The maximum atomic E-state index is 12.4. The second-order valence-corrected chi connectivity index (χ2v) is 6.98. The van der Waals surface area contributed by atoms with E-state index in [0.717, 1.165) is 6.42 Å². The van der Waals surface area contributed by atoms with Gasteiger partial charge in [-0.15, -0.1) is 0 Å². The lowest BCUT2D eigenvalue weighted by atomic mass is 9.58. The summed E-state index contributed by atoms with van der Waals surface area (Å²) < 4.78 is 0. The Hall–Kier alpha value is -0.530. The lowest BCUT2D eigenvalue weighted by Gasteiger charge is -2.47. The van der Waals surface area contributed by atoms with E-state index >= 15 is 0 Å². The Morgan fingerprint density at radius 1 is 1.24 bits per heavy atom. The molecule has 0 saturated heterocycles. The largest absolute Gasteiger partial charge is 0.349 e. The van der Waals surface area contributed by atoms with Crippen molar-refractivity contribution in [2.45, 2.75) is 47.5 Å². The summed E-state index contributed by atoms with van der Waals surface area (Å²) in [5, 5.41) is 0. The Balaban J connectivity index is 2.94. The van der Waals surface area contributed by atoms with Gasteiger partial charge in [-0.3, -0.25) is 4.79 Å². The molecular weight excluding hydrogens is 210 g/mol. The Morgan fingerprint density at radius 2 is 1.76 bits per heavy atom. The number of carbonyl (C=O) groups is 1. The summed E-state index contributed by atoms with van der Waals surface area (Å²) in [5.41, 5.74) is 0.132. The van der Waals surface area contributed by atoms with E-state index in [9.17, 15) is 4.79 Å². The molecule has 0 bridgehead atoms. The lowest BCUT2D eigenvalue weighted by molar-refractivity contribution is -0.142. The highest BCUT2D eigenvalue weighted by atomic mass is 16.2. The highest BCUT2D eigenvalue weighted by Crippen LogP contribution is 2.49. The van der Waals surface area contributed by atoms with E-state index in [4.69, 9.17) is 0 Å². The summed E-state index contributed by atoms with van der Waals surface area (Å²) in [6, 6.07) is 0. The topological polar surface area (TPSA) is 20.3 Å². The van der Waals surface area contributed by atoms with Crippen molar-refractivity contribution in [2.75, 3.05) is 14.1 Å². The van der Waals surface area contributed by atoms with Crippen LogP contribution in [0.4, 0.5) is 0 Å². The maximum Gasteiger partial charge on any atom is 0.225 e. The SMILES string of the molecule is CC(C)C1C[C@@H](C)C(C)(C)[C@H](C(=O)N(C)C)C1. The third-order valence-electron chi connectivity index (χ3n) is 5.04. The van der Waals surface area contributed by atoms with Gasteiger partial charge in [0.25, 0.3) is 0 Å². The zero-order valence-electron chi connectivity index (χ0n) is 12.6. The summed E-state index contributed by atoms with van der Waals surface area (Å²) >= 11 is 0. The average Bonchev–Trinajstić information content (AvgIpc) is 2.20. The number of amides is 1. The predicted octanol–water partition coefficient (Wildman–Crippen LogP) is 3.42. The van der Waals surface area contributed by atoms with Crippen molar-refractivity contribution >= 4 is 5.91 Å². The Morgan fingerprint density at radius 3 is 2.18 bits per heavy atom. The molecule has 1 amide bonds. The molecular formula is C15H29NO. The summed E-state index contributed by atoms with van der Waals surface area (Å²) in [6.45, 7) is 11.4. The fraction of sp³-hybridized carbons (Fsp3) is 0.933. The van der Waals surface area contributed by atoms with Crippen LogP contribution in [-0.4, -0.2) is 24.9 Å². The number of hydrogen-bond acceptors (Lipinski definition) is 1. The molecule has 2 nitrogen and oxygen atoms in total. The number of rotatable bonds is 2. The van der Waals surface area contributed by atoms with Crippen LogP contribution >= 0.6 is 0 Å². The number of carbonyl (C=O) groups excluding carboxylic acids is 1. The van der Waals surface area contributed by atoms with Crippen molar-refractivity contribution in [1.29, 1.82) is 0 Å². The molecule has 0 radical (unpaired) electrons. The molecule has 17 heavy (non-hydrogen) atoms. The minimum atomic E-state index is 0.132. The molecule has 1 saturated carbocycles. The van der Waals surface area contributed by atoms with Crippen LogP contribution in [0.15, 0.2) is 0 Å². The minimum absolute atomic E-state index is 0.132. The number of nitrogens with zero attached hydrogens (tertiary/aromatic N) is 1. The molecule has 0 N–H and O–H groups in total. The van der Waals surface area contributed by atoms with E-state index in [-0.39, 0.29) is 11.3 Å². The van der Waals surface area contributed by atoms with Crippen LogP contribution in [0.3, 0.4) is 0 Å². The van der Waals surface area contributed by atoms with Gasteiger partial charge in [0, 0.05) is 20.0 Å². The third kappa shape index (κ3) is 2.83. The van der Waals surface area contributed by atoms with Crippen LogP contribution in [0, 0.1) is 29.1 Å². The fourth-order valence-electron chi connectivity index (χ4n) is 3.08. The molecule has 1 aliphatic rings. The van der Waals surface area contributed by atoms with Gasteiger partial charge in [0.05, 0.1) is 0 Å². The first-order chi connectivity index (χ1) is 7.67. The van der Waals surface area contributed by atoms with Crippen LogP contribution < -0.4 is 0 Å². The van der Waals surface area contributed by atoms with Gasteiger partial charge < -0.3 is 4.90 Å². The van der Waals surface area contributed by atoms with Crippen molar-refractivity contribution in [2.24, 2.45) is 29.1 Å². The van der Waals surface area contributed by atoms with E-state index in [1.54, 1.807) is 4.90 Å². The van der Waals surface area contributed by atoms with Gasteiger partial charge in [0.2, 0.25) is 5.91 Å². The Labute approximate surface area is 107 Å². The highest BCUT2D eigenvalue weighted by molar-refractivity contribution is 5.79. The first-order valence-corrected chi connectivity index (χ1v) is 6.89. The first-order valence-electron chi connectivity index (χ1n) is 6.89. The van der Waals surface area contributed by atoms with Crippen LogP contribution in [0.25, 0.3) is 0 Å². The van der Waals surface area contributed by atoms with Crippen molar-refractivity contribution in [3.8, 4) is 0 Å². The molecule has 0 aromatic heterocycles. The average molecular weight is 239 g/mol. The van der Waals surface area contributed by atoms with Gasteiger partial charge in [-0.2, -0.15) is 0 Å². The molecule has 3 atom stereocenters. The van der Waals surface area contributed by atoms with E-state index in [0.29, 0.717) is 23.7 Å². The fourth-order valence-corrected chi connectivity index (χ4v) is 3.08. The monoisotopic (exact) mass is 239 g/mol. The first kappa shape index (κ1) is 14.5. The van der Waals surface area contributed by atoms with E-state index < -0.39 is 0 Å². The van der Waals surface area contributed by atoms with Gasteiger partial charge >= 0.3 is 0 Å². The Bertz CT molecular complexity index is 281. The molecule has 0 aromatic rings. The molecule has 100 valence electrons. The van der Waals surface area contributed by atoms with Crippen LogP contribution in [0.2, 0.25) is 0 Å². The summed E-state index contributed by atoms with van der Waals surface area (Å²) in [5.74, 6) is 2.51. The molecule has 2 heteroatoms. The van der Waals surface area contributed by atoms with E-state index in [1.165, 1.54) is 6.42 Å².